The van der Waals surface area contributed by atoms with E-state index >= 15 is 0 Å². The lowest BCUT2D eigenvalue weighted by molar-refractivity contribution is -0.137. The molecule has 0 aromatic rings. The van der Waals surface area contributed by atoms with Crippen LogP contribution in [-0.4, -0.2) is 48.1 Å². The fourth-order valence-electron chi connectivity index (χ4n) is 4.37. The van der Waals surface area contributed by atoms with Crippen molar-refractivity contribution >= 4 is 5.97 Å². The summed E-state index contributed by atoms with van der Waals surface area (Å²) in [6.07, 6.45) is 14.8. The summed E-state index contributed by atoms with van der Waals surface area (Å²) in [6.45, 7) is 3.31. The molecule has 25 heavy (non-hydrogen) atoms. The molecule has 2 N–H and O–H groups in total. The highest BCUT2D eigenvalue weighted by Gasteiger charge is 2.68. The molecule has 5 nitrogen and oxygen atoms in total. The van der Waals surface area contributed by atoms with Gasteiger partial charge < -0.3 is 19.9 Å². The second-order valence-corrected chi connectivity index (χ2v) is 7.68. The molecule has 3 aliphatic heterocycles. The van der Waals surface area contributed by atoms with Gasteiger partial charge in [-0.05, 0) is 32.2 Å². The largest absolute Gasteiger partial charge is 0.481 e. The standard InChI is InChI=1S/C20H33NO4/c1-2-3-4-7-10-13-21-16-14(11-8-5-6-9-12-15(22)23)17-19-20(25-19)18(16)24-17/h5,8,14,16-21H,2-4,6-7,9-13H2,1H3,(H,22,23)/b8-5-/t14-,16+,17+,18-,19-,20+/m0/s1. The Balaban J connectivity index is 1.39. The van der Waals surface area contributed by atoms with Crippen molar-refractivity contribution in [2.75, 3.05) is 6.54 Å². The van der Waals surface area contributed by atoms with Crippen molar-refractivity contribution in [1.82, 2.24) is 5.32 Å². The van der Waals surface area contributed by atoms with Gasteiger partial charge in [-0.2, -0.15) is 0 Å². The van der Waals surface area contributed by atoms with Crippen molar-refractivity contribution in [3.05, 3.63) is 12.2 Å². The summed E-state index contributed by atoms with van der Waals surface area (Å²) in [5.74, 6) is -0.227. The average molecular weight is 351 g/mol. The van der Waals surface area contributed by atoms with Crippen LogP contribution in [0.15, 0.2) is 12.2 Å². The Morgan fingerprint density at radius 2 is 1.76 bits per heavy atom. The molecule has 0 spiro atoms. The summed E-state index contributed by atoms with van der Waals surface area (Å²) in [5.41, 5.74) is 0. The fourth-order valence-corrected chi connectivity index (χ4v) is 4.37. The second kappa shape index (κ2) is 9.15. The lowest BCUT2D eigenvalue weighted by Gasteiger charge is -2.26. The predicted molar refractivity (Wildman–Crippen MR) is 96.6 cm³/mol. The van der Waals surface area contributed by atoms with Gasteiger partial charge >= 0.3 is 5.97 Å². The first-order valence-corrected chi connectivity index (χ1v) is 10.1. The van der Waals surface area contributed by atoms with Crippen molar-refractivity contribution < 1.29 is 19.4 Å². The lowest BCUT2D eigenvalue weighted by atomic mass is 9.82. The third-order valence-corrected chi connectivity index (χ3v) is 5.76. The molecule has 0 amide bonds. The van der Waals surface area contributed by atoms with Gasteiger partial charge in [0.25, 0.3) is 0 Å². The maximum atomic E-state index is 10.5. The van der Waals surface area contributed by atoms with E-state index < -0.39 is 5.97 Å². The Morgan fingerprint density at radius 1 is 1.00 bits per heavy atom. The van der Waals surface area contributed by atoms with Crippen LogP contribution in [0.2, 0.25) is 0 Å². The lowest BCUT2D eigenvalue weighted by Crippen LogP contribution is -2.47. The maximum Gasteiger partial charge on any atom is 0.303 e. The number of carboxylic acids is 1. The van der Waals surface area contributed by atoms with Crippen LogP contribution in [0.4, 0.5) is 0 Å². The number of carbonyl (C=O) groups is 1. The number of rotatable bonds is 13. The summed E-state index contributed by atoms with van der Waals surface area (Å²) in [6, 6.07) is 0.406. The molecule has 3 fully saturated rings. The van der Waals surface area contributed by atoms with Gasteiger partial charge in [-0.25, -0.2) is 0 Å². The van der Waals surface area contributed by atoms with Crippen LogP contribution in [0.25, 0.3) is 0 Å². The van der Waals surface area contributed by atoms with Crippen LogP contribution in [0, 0.1) is 5.92 Å². The number of fused-ring (bicyclic) bond motifs is 5. The highest BCUT2D eigenvalue weighted by atomic mass is 16.7. The molecule has 3 heterocycles. The molecular weight excluding hydrogens is 318 g/mol. The van der Waals surface area contributed by atoms with E-state index in [0.29, 0.717) is 30.6 Å². The van der Waals surface area contributed by atoms with Crippen molar-refractivity contribution in [2.45, 2.75) is 95.2 Å². The predicted octanol–water partition coefficient (Wildman–Crippen LogP) is 3.28. The minimum atomic E-state index is -0.713. The van der Waals surface area contributed by atoms with E-state index in [1.165, 1.54) is 32.1 Å². The smallest absolute Gasteiger partial charge is 0.303 e. The minimum Gasteiger partial charge on any atom is -0.481 e. The Kier molecular flexibility index (Phi) is 6.91. The summed E-state index contributed by atoms with van der Waals surface area (Å²) >= 11 is 0. The molecule has 0 radical (unpaired) electrons. The second-order valence-electron chi connectivity index (χ2n) is 7.68. The molecule has 0 aromatic heterocycles. The zero-order valence-corrected chi connectivity index (χ0v) is 15.4. The first-order valence-electron chi connectivity index (χ1n) is 10.1. The Hall–Kier alpha value is -0.910. The van der Waals surface area contributed by atoms with Crippen LogP contribution in [0.3, 0.4) is 0 Å². The number of unbranched alkanes of at least 4 members (excludes halogenated alkanes) is 5. The van der Waals surface area contributed by atoms with E-state index in [9.17, 15) is 4.79 Å². The van der Waals surface area contributed by atoms with Gasteiger partial charge in [-0.15, -0.1) is 0 Å². The third-order valence-electron chi connectivity index (χ3n) is 5.76. The van der Waals surface area contributed by atoms with Gasteiger partial charge in [0.05, 0.1) is 6.10 Å². The van der Waals surface area contributed by atoms with Crippen LogP contribution in [0.1, 0.15) is 64.7 Å². The van der Waals surface area contributed by atoms with Crippen molar-refractivity contribution in [2.24, 2.45) is 5.92 Å². The Labute approximate surface area is 151 Å². The summed E-state index contributed by atoms with van der Waals surface area (Å²) in [5, 5.41) is 12.4. The third kappa shape index (κ3) is 4.83. The normalized spacial score (nSPS) is 35.4. The number of nitrogens with one attached hydrogen (secondary N) is 1. The van der Waals surface area contributed by atoms with Crippen molar-refractivity contribution in [3.8, 4) is 0 Å². The van der Waals surface area contributed by atoms with Crippen LogP contribution in [-0.2, 0) is 14.3 Å². The van der Waals surface area contributed by atoms with Crippen molar-refractivity contribution in [1.29, 1.82) is 0 Å². The highest BCUT2D eigenvalue weighted by Crippen LogP contribution is 2.52. The molecule has 6 atom stereocenters. The van der Waals surface area contributed by atoms with Crippen LogP contribution < -0.4 is 5.32 Å². The molecule has 142 valence electrons. The van der Waals surface area contributed by atoms with Gasteiger partial charge in [0, 0.05) is 18.4 Å². The SMILES string of the molecule is CCCCCCCN[C@@H]1[C@H](C/C=C\CCCC(=O)O)[C@H]2O[C@@H]1[C@H]1O[C@H]12. The molecule has 0 aliphatic carbocycles. The number of carboxylic acid groups (broad SMARTS) is 1. The minimum absolute atomic E-state index is 0.232. The van der Waals surface area contributed by atoms with E-state index in [1.807, 2.05) is 0 Å². The molecule has 3 saturated heterocycles. The number of allylic oxidation sites excluding steroid dienone is 2. The van der Waals surface area contributed by atoms with E-state index in [-0.39, 0.29) is 18.6 Å². The van der Waals surface area contributed by atoms with Gasteiger partial charge in [-0.1, -0.05) is 44.8 Å². The molecule has 0 saturated carbocycles. The summed E-state index contributed by atoms with van der Waals surface area (Å²) in [7, 11) is 0. The van der Waals surface area contributed by atoms with E-state index in [0.717, 1.165) is 19.4 Å². The van der Waals surface area contributed by atoms with Gasteiger partial charge in [0.1, 0.15) is 18.3 Å². The Bertz CT molecular complexity index is 467. The van der Waals surface area contributed by atoms with Gasteiger partial charge in [-0.3, -0.25) is 4.79 Å². The molecule has 2 bridgehead atoms. The fraction of sp³-hybridized carbons (Fsp3) is 0.850. The number of ether oxygens (including phenoxy) is 2. The zero-order valence-electron chi connectivity index (χ0n) is 15.4. The monoisotopic (exact) mass is 351 g/mol. The number of epoxide rings is 1. The van der Waals surface area contributed by atoms with Gasteiger partial charge in [0.15, 0.2) is 0 Å². The quantitative estimate of drug-likeness (QED) is 0.303. The molecule has 0 unspecified atom stereocenters. The van der Waals surface area contributed by atoms with Gasteiger partial charge in [0.2, 0.25) is 0 Å². The highest BCUT2D eigenvalue weighted by molar-refractivity contribution is 5.66. The average Bonchev–Trinajstić information content (AvgIpc) is 3.22. The summed E-state index contributed by atoms with van der Waals surface area (Å²) < 4.78 is 11.9. The molecule has 0 aromatic carbocycles. The first kappa shape index (κ1) is 18.9. The topological polar surface area (TPSA) is 71.1 Å². The number of hydrogen-bond donors (Lipinski definition) is 2. The van der Waals surface area contributed by atoms with E-state index in [4.69, 9.17) is 14.6 Å². The first-order chi connectivity index (χ1) is 12.2. The Morgan fingerprint density at radius 3 is 2.56 bits per heavy atom. The number of hydrogen-bond acceptors (Lipinski definition) is 4. The van der Waals surface area contributed by atoms with E-state index in [2.05, 4.69) is 24.4 Å². The molecule has 3 rings (SSSR count). The van der Waals surface area contributed by atoms with Crippen LogP contribution >= 0.6 is 0 Å². The summed E-state index contributed by atoms with van der Waals surface area (Å²) in [4.78, 5) is 10.5. The number of aliphatic carboxylic acids is 1. The molecule has 3 aliphatic rings. The van der Waals surface area contributed by atoms with E-state index in [1.54, 1.807) is 0 Å². The molecule has 5 heteroatoms. The van der Waals surface area contributed by atoms with Crippen molar-refractivity contribution in [3.63, 3.8) is 0 Å². The zero-order chi connectivity index (χ0) is 17.6. The van der Waals surface area contributed by atoms with Crippen LogP contribution in [0.5, 0.6) is 0 Å². The maximum absolute atomic E-state index is 10.5. The molecular formula is C20H33NO4.